The third kappa shape index (κ3) is 5.59. The number of hydrogen-bond acceptors (Lipinski definition) is 3. The largest absolute Gasteiger partial charge is 0.493 e. The summed E-state index contributed by atoms with van der Waals surface area (Å²) in [5.41, 5.74) is 1.17. The molecule has 3 heteroatoms. The number of benzene rings is 1. The standard InChI is InChI=1S/C14H24N2O/c1-4-9-15-10-6-11-17-14-8-5-7-13(12-14)16(2)3/h5,7-8,12,15H,4,6,9-11H2,1-3H3. The van der Waals surface area contributed by atoms with E-state index in [0.717, 1.165) is 31.9 Å². The summed E-state index contributed by atoms with van der Waals surface area (Å²) in [6.07, 6.45) is 2.23. The lowest BCUT2D eigenvalue weighted by Gasteiger charge is -2.14. The highest BCUT2D eigenvalue weighted by molar-refractivity contribution is 5.49. The zero-order chi connectivity index (χ0) is 12.5. The lowest BCUT2D eigenvalue weighted by molar-refractivity contribution is 0.308. The van der Waals surface area contributed by atoms with E-state index in [1.165, 1.54) is 12.1 Å². The van der Waals surface area contributed by atoms with E-state index in [1.54, 1.807) is 0 Å². The maximum absolute atomic E-state index is 5.71. The highest BCUT2D eigenvalue weighted by Gasteiger charge is 1.98. The van der Waals surface area contributed by atoms with Gasteiger partial charge >= 0.3 is 0 Å². The molecule has 0 atom stereocenters. The van der Waals surface area contributed by atoms with Gasteiger partial charge in [-0.3, -0.25) is 0 Å². The van der Waals surface area contributed by atoms with Gasteiger partial charge in [0, 0.05) is 25.8 Å². The molecule has 3 nitrogen and oxygen atoms in total. The van der Waals surface area contributed by atoms with Crippen LogP contribution in [0.15, 0.2) is 24.3 Å². The van der Waals surface area contributed by atoms with Gasteiger partial charge in [0.15, 0.2) is 0 Å². The first-order valence-corrected chi connectivity index (χ1v) is 6.35. The predicted octanol–water partition coefficient (Wildman–Crippen LogP) is 2.52. The first-order valence-electron chi connectivity index (χ1n) is 6.35. The highest BCUT2D eigenvalue weighted by atomic mass is 16.5. The Kier molecular flexibility index (Phi) is 6.48. The van der Waals surface area contributed by atoms with E-state index < -0.39 is 0 Å². The van der Waals surface area contributed by atoms with Gasteiger partial charge in [-0.05, 0) is 38.1 Å². The van der Waals surface area contributed by atoms with Gasteiger partial charge < -0.3 is 15.0 Å². The molecule has 0 aromatic heterocycles. The molecule has 0 aliphatic rings. The second-order valence-electron chi connectivity index (χ2n) is 4.34. The van der Waals surface area contributed by atoms with Gasteiger partial charge in [0.05, 0.1) is 6.61 Å². The molecule has 0 unspecified atom stereocenters. The van der Waals surface area contributed by atoms with Crippen LogP contribution in [0.25, 0.3) is 0 Å². The zero-order valence-corrected chi connectivity index (χ0v) is 11.2. The molecule has 0 fully saturated rings. The van der Waals surface area contributed by atoms with Gasteiger partial charge in [0.1, 0.15) is 5.75 Å². The molecule has 1 rings (SSSR count). The molecule has 1 aromatic rings. The monoisotopic (exact) mass is 236 g/mol. The minimum Gasteiger partial charge on any atom is -0.493 e. The number of rotatable bonds is 8. The second-order valence-corrected chi connectivity index (χ2v) is 4.34. The summed E-state index contributed by atoms with van der Waals surface area (Å²) in [7, 11) is 4.07. The summed E-state index contributed by atoms with van der Waals surface area (Å²) in [5.74, 6) is 0.951. The summed E-state index contributed by atoms with van der Waals surface area (Å²) in [6, 6.07) is 8.18. The summed E-state index contributed by atoms with van der Waals surface area (Å²) < 4.78 is 5.71. The number of anilines is 1. The minimum absolute atomic E-state index is 0.771. The van der Waals surface area contributed by atoms with Crippen molar-refractivity contribution >= 4 is 5.69 Å². The van der Waals surface area contributed by atoms with Crippen LogP contribution in [-0.2, 0) is 0 Å². The van der Waals surface area contributed by atoms with E-state index in [4.69, 9.17) is 4.74 Å². The van der Waals surface area contributed by atoms with E-state index in [1.807, 2.05) is 26.2 Å². The Labute approximate surface area is 105 Å². The maximum Gasteiger partial charge on any atom is 0.121 e. The van der Waals surface area contributed by atoms with Crippen molar-refractivity contribution in [2.75, 3.05) is 38.7 Å². The van der Waals surface area contributed by atoms with Crippen LogP contribution in [0, 0.1) is 0 Å². The Morgan fingerprint density at radius 1 is 1.24 bits per heavy atom. The molecular formula is C14H24N2O. The summed E-state index contributed by atoms with van der Waals surface area (Å²) in [6.45, 7) is 5.07. The average Bonchev–Trinajstić information content (AvgIpc) is 2.34. The quantitative estimate of drug-likeness (QED) is 0.702. The van der Waals surface area contributed by atoms with Gasteiger partial charge in [-0.1, -0.05) is 13.0 Å². The number of hydrogen-bond donors (Lipinski definition) is 1. The fourth-order valence-electron chi connectivity index (χ4n) is 1.54. The first kappa shape index (κ1) is 13.8. The highest BCUT2D eigenvalue weighted by Crippen LogP contribution is 2.19. The van der Waals surface area contributed by atoms with Gasteiger partial charge in [0.2, 0.25) is 0 Å². The van der Waals surface area contributed by atoms with Crippen LogP contribution in [-0.4, -0.2) is 33.8 Å². The smallest absolute Gasteiger partial charge is 0.121 e. The lowest BCUT2D eigenvalue weighted by atomic mass is 10.3. The van der Waals surface area contributed by atoms with Crippen LogP contribution < -0.4 is 15.0 Å². The molecule has 0 amide bonds. The van der Waals surface area contributed by atoms with Crippen molar-refractivity contribution in [2.45, 2.75) is 19.8 Å². The van der Waals surface area contributed by atoms with Gasteiger partial charge in [-0.25, -0.2) is 0 Å². The molecule has 96 valence electrons. The summed E-state index contributed by atoms with van der Waals surface area (Å²) >= 11 is 0. The molecule has 0 saturated carbocycles. The lowest BCUT2D eigenvalue weighted by Crippen LogP contribution is -2.18. The molecule has 0 heterocycles. The van der Waals surface area contributed by atoms with E-state index in [9.17, 15) is 0 Å². The topological polar surface area (TPSA) is 24.5 Å². The van der Waals surface area contributed by atoms with E-state index in [-0.39, 0.29) is 0 Å². The SMILES string of the molecule is CCCNCCCOc1cccc(N(C)C)c1. The van der Waals surface area contributed by atoms with Crippen molar-refractivity contribution in [3.8, 4) is 5.75 Å². The number of nitrogens with one attached hydrogen (secondary N) is 1. The minimum atomic E-state index is 0.771. The number of nitrogens with zero attached hydrogens (tertiary/aromatic N) is 1. The Morgan fingerprint density at radius 2 is 2.06 bits per heavy atom. The second kappa shape index (κ2) is 7.96. The molecule has 0 radical (unpaired) electrons. The van der Waals surface area contributed by atoms with Crippen LogP contribution in [0.2, 0.25) is 0 Å². The Hall–Kier alpha value is -1.22. The molecule has 1 N–H and O–H groups in total. The van der Waals surface area contributed by atoms with Gasteiger partial charge in [0.25, 0.3) is 0 Å². The van der Waals surface area contributed by atoms with Crippen LogP contribution in [0.5, 0.6) is 5.75 Å². The van der Waals surface area contributed by atoms with Crippen molar-refractivity contribution in [3.05, 3.63) is 24.3 Å². The fraction of sp³-hybridized carbons (Fsp3) is 0.571. The molecule has 0 saturated heterocycles. The number of ether oxygens (including phenoxy) is 1. The molecule has 0 aliphatic carbocycles. The van der Waals surface area contributed by atoms with Gasteiger partial charge in [-0.15, -0.1) is 0 Å². The third-order valence-corrected chi connectivity index (χ3v) is 2.53. The van der Waals surface area contributed by atoms with E-state index >= 15 is 0 Å². The van der Waals surface area contributed by atoms with Crippen molar-refractivity contribution in [1.82, 2.24) is 5.32 Å². The fourth-order valence-corrected chi connectivity index (χ4v) is 1.54. The predicted molar refractivity (Wildman–Crippen MR) is 74.0 cm³/mol. The third-order valence-electron chi connectivity index (χ3n) is 2.53. The Bertz CT molecular complexity index is 313. The Balaban J connectivity index is 2.24. The van der Waals surface area contributed by atoms with Crippen LogP contribution in [0.3, 0.4) is 0 Å². The summed E-state index contributed by atoms with van der Waals surface area (Å²) in [5, 5.41) is 3.36. The van der Waals surface area contributed by atoms with Gasteiger partial charge in [-0.2, -0.15) is 0 Å². The van der Waals surface area contributed by atoms with E-state index in [2.05, 4.69) is 29.3 Å². The van der Waals surface area contributed by atoms with Crippen LogP contribution >= 0.6 is 0 Å². The van der Waals surface area contributed by atoms with Crippen LogP contribution in [0.1, 0.15) is 19.8 Å². The van der Waals surface area contributed by atoms with E-state index in [0.29, 0.717) is 0 Å². The van der Waals surface area contributed by atoms with Crippen molar-refractivity contribution < 1.29 is 4.74 Å². The van der Waals surface area contributed by atoms with Crippen molar-refractivity contribution in [1.29, 1.82) is 0 Å². The molecule has 0 aliphatic heterocycles. The maximum atomic E-state index is 5.71. The molecule has 0 spiro atoms. The molecule has 1 aromatic carbocycles. The zero-order valence-electron chi connectivity index (χ0n) is 11.2. The Morgan fingerprint density at radius 3 is 2.76 bits per heavy atom. The average molecular weight is 236 g/mol. The first-order chi connectivity index (χ1) is 8.24. The molecule has 17 heavy (non-hydrogen) atoms. The summed E-state index contributed by atoms with van der Waals surface area (Å²) in [4.78, 5) is 2.08. The molecular weight excluding hydrogens is 212 g/mol. The molecule has 0 bridgehead atoms. The normalized spacial score (nSPS) is 10.3. The van der Waals surface area contributed by atoms with Crippen LogP contribution in [0.4, 0.5) is 5.69 Å². The van der Waals surface area contributed by atoms with Crippen molar-refractivity contribution in [3.63, 3.8) is 0 Å². The van der Waals surface area contributed by atoms with Crippen molar-refractivity contribution in [2.24, 2.45) is 0 Å².